The number of amides is 2. The van der Waals surface area contributed by atoms with Gasteiger partial charge in [-0.2, -0.15) is 5.10 Å². The molecular formula is C16H28N4O2. The number of nitrogens with one attached hydrogen (secondary N) is 1. The van der Waals surface area contributed by atoms with Crippen molar-refractivity contribution in [2.24, 2.45) is 13.0 Å². The van der Waals surface area contributed by atoms with E-state index in [0.717, 1.165) is 30.7 Å². The summed E-state index contributed by atoms with van der Waals surface area (Å²) in [6.07, 6.45) is 2.52. The molecule has 22 heavy (non-hydrogen) atoms. The van der Waals surface area contributed by atoms with Gasteiger partial charge in [0.05, 0.1) is 11.8 Å². The van der Waals surface area contributed by atoms with Gasteiger partial charge in [-0.3, -0.25) is 4.68 Å². The first-order valence-electron chi connectivity index (χ1n) is 7.98. The lowest BCUT2D eigenvalue weighted by molar-refractivity contribution is 0.112. The molecule has 2 atom stereocenters. The Balaban J connectivity index is 1.85. The molecule has 1 aromatic rings. The van der Waals surface area contributed by atoms with E-state index in [1.807, 2.05) is 32.5 Å². The summed E-state index contributed by atoms with van der Waals surface area (Å²) in [6.45, 7) is 6.43. The third-order valence-electron chi connectivity index (χ3n) is 4.51. The van der Waals surface area contributed by atoms with Crippen LogP contribution in [0.25, 0.3) is 0 Å². The Morgan fingerprint density at radius 1 is 1.50 bits per heavy atom. The van der Waals surface area contributed by atoms with Crippen LogP contribution < -0.4 is 5.32 Å². The maximum atomic E-state index is 12.2. The predicted molar refractivity (Wildman–Crippen MR) is 85.7 cm³/mol. The molecule has 0 saturated heterocycles. The van der Waals surface area contributed by atoms with Crippen molar-refractivity contribution in [3.8, 4) is 0 Å². The highest BCUT2D eigenvalue weighted by atomic mass is 16.3. The van der Waals surface area contributed by atoms with Crippen molar-refractivity contribution >= 4 is 6.03 Å². The molecule has 1 fully saturated rings. The number of nitrogens with zero attached hydrogens (tertiary/aromatic N) is 3. The van der Waals surface area contributed by atoms with Crippen molar-refractivity contribution < 1.29 is 9.90 Å². The summed E-state index contributed by atoms with van der Waals surface area (Å²) < 4.78 is 1.87. The van der Waals surface area contributed by atoms with Crippen molar-refractivity contribution in [1.29, 1.82) is 0 Å². The Morgan fingerprint density at radius 3 is 2.64 bits per heavy atom. The van der Waals surface area contributed by atoms with Crippen molar-refractivity contribution in [3.05, 3.63) is 17.0 Å². The fourth-order valence-electron chi connectivity index (χ4n) is 2.78. The van der Waals surface area contributed by atoms with Crippen LogP contribution in [0.1, 0.15) is 36.7 Å². The number of aliphatic hydroxyl groups is 1. The number of aliphatic hydroxyl groups excluding tert-OH is 1. The monoisotopic (exact) mass is 308 g/mol. The van der Waals surface area contributed by atoms with Crippen molar-refractivity contribution in [3.63, 3.8) is 0 Å². The minimum Gasteiger partial charge on any atom is -0.391 e. The molecule has 0 radical (unpaired) electrons. The Morgan fingerprint density at radius 2 is 2.14 bits per heavy atom. The zero-order valence-electron chi connectivity index (χ0n) is 14.3. The van der Waals surface area contributed by atoms with Gasteiger partial charge in [0.15, 0.2) is 0 Å². The summed E-state index contributed by atoms with van der Waals surface area (Å²) in [5, 5.41) is 17.3. The van der Waals surface area contributed by atoms with Crippen LogP contribution in [0.5, 0.6) is 0 Å². The summed E-state index contributed by atoms with van der Waals surface area (Å²) in [4.78, 5) is 13.8. The van der Waals surface area contributed by atoms with Crippen molar-refractivity contribution in [2.45, 2.75) is 52.2 Å². The molecule has 1 saturated carbocycles. The summed E-state index contributed by atoms with van der Waals surface area (Å²) in [5.41, 5.74) is 3.34. The average molecular weight is 308 g/mol. The molecule has 1 aliphatic rings. The third kappa shape index (κ3) is 4.00. The SMILES string of the molecule is Cc1nn(C)c(C)c1CC(C)NC(=O)N(C)CC(O)C1CC1. The van der Waals surface area contributed by atoms with E-state index in [-0.39, 0.29) is 12.1 Å². The highest BCUT2D eigenvalue weighted by Crippen LogP contribution is 2.32. The molecule has 0 aromatic carbocycles. The van der Waals surface area contributed by atoms with Crippen molar-refractivity contribution in [2.75, 3.05) is 13.6 Å². The number of aromatic nitrogens is 2. The Bertz CT molecular complexity index is 536. The lowest BCUT2D eigenvalue weighted by Gasteiger charge is -2.23. The normalized spacial score (nSPS) is 17.2. The van der Waals surface area contributed by atoms with E-state index in [4.69, 9.17) is 0 Å². The van der Waals surface area contributed by atoms with Crippen LogP contribution in [0.15, 0.2) is 0 Å². The molecule has 6 heteroatoms. The fourth-order valence-corrected chi connectivity index (χ4v) is 2.78. The molecule has 0 aliphatic heterocycles. The number of hydrogen-bond acceptors (Lipinski definition) is 3. The summed E-state index contributed by atoms with van der Waals surface area (Å²) in [6, 6.07) is -0.110. The molecule has 2 amide bonds. The van der Waals surface area contributed by atoms with Gasteiger partial charge in [-0.05, 0) is 51.5 Å². The summed E-state index contributed by atoms with van der Waals surface area (Å²) in [5.74, 6) is 0.383. The van der Waals surface area contributed by atoms with Crippen LogP contribution in [-0.4, -0.2) is 51.6 Å². The van der Waals surface area contributed by atoms with E-state index in [9.17, 15) is 9.90 Å². The van der Waals surface area contributed by atoms with Gasteiger partial charge in [0.2, 0.25) is 0 Å². The van der Waals surface area contributed by atoms with E-state index in [0.29, 0.717) is 12.5 Å². The van der Waals surface area contributed by atoms with E-state index in [1.165, 1.54) is 5.56 Å². The van der Waals surface area contributed by atoms with Gasteiger partial charge < -0.3 is 15.3 Å². The molecule has 2 N–H and O–H groups in total. The van der Waals surface area contributed by atoms with Crippen LogP contribution in [0, 0.1) is 19.8 Å². The summed E-state index contributed by atoms with van der Waals surface area (Å²) in [7, 11) is 3.66. The molecule has 2 rings (SSSR count). The first-order chi connectivity index (χ1) is 10.3. The smallest absolute Gasteiger partial charge is 0.317 e. The molecule has 2 unspecified atom stereocenters. The largest absolute Gasteiger partial charge is 0.391 e. The highest BCUT2D eigenvalue weighted by molar-refractivity contribution is 5.74. The number of aryl methyl sites for hydroxylation is 2. The van der Waals surface area contributed by atoms with Crippen molar-refractivity contribution in [1.82, 2.24) is 20.0 Å². The molecule has 0 bridgehead atoms. The van der Waals surface area contributed by atoms with Gasteiger partial charge in [0, 0.05) is 32.4 Å². The van der Waals surface area contributed by atoms with E-state index in [2.05, 4.69) is 10.4 Å². The number of carbonyl (C=O) groups is 1. The van der Waals surface area contributed by atoms with Crippen LogP contribution in [0.4, 0.5) is 4.79 Å². The van der Waals surface area contributed by atoms with Gasteiger partial charge in [-0.1, -0.05) is 0 Å². The van der Waals surface area contributed by atoms with Gasteiger partial charge in [0.25, 0.3) is 0 Å². The van der Waals surface area contributed by atoms with Gasteiger partial charge >= 0.3 is 6.03 Å². The van der Waals surface area contributed by atoms with Crippen LogP contribution in [0.2, 0.25) is 0 Å². The zero-order chi connectivity index (χ0) is 16.4. The lowest BCUT2D eigenvalue weighted by Crippen LogP contribution is -2.45. The molecule has 1 heterocycles. The Kier molecular flexibility index (Phi) is 5.11. The topological polar surface area (TPSA) is 70.4 Å². The fraction of sp³-hybridized carbons (Fsp3) is 0.750. The van der Waals surface area contributed by atoms with Crippen LogP contribution in [-0.2, 0) is 13.5 Å². The number of carbonyl (C=O) groups excluding carboxylic acids is 1. The number of urea groups is 1. The number of likely N-dealkylation sites (N-methyl/N-ethyl adjacent to an activating group) is 1. The molecule has 6 nitrogen and oxygen atoms in total. The van der Waals surface area contributed by atoms with Crippen LogP contribution >= 0.6 is 0 Å². The number of hydrogen-bond donors (Lipinski definition) is 2. The maximum Gasteiger partial charge on any atom is 0.317 e. The second-order valence-electron chi connectivity index (χ2n) is 6.61. The number of rotatable bonds is 6. The van der Waals surface area contributed by atoms with E-state index >= 15 is 0 Å². The first-order valence-corrected chi connectivity index (χ1v) is 7.98. The Labute approximate surface area is 132 Å². The minimum atomic E-state index is -0.395. The Hall–Kier alpha value is -1.56. The third-order valence-corrected chi connectivity index (χ3v) is 4.51. The molecular weight excluding hydrogens is 280 g/mol. The molecule has 1 aliphatic carbocycles. The van der Waals surface area contributed by atoms with Gasteiger partial charge in [0.1, 0.15) is 0 Å². The predicted octanol–water partition coefficient (Wildman–Crippen LogP) is 1.38. The minimum absolute atomic E-state index is 0.0228. The first kappa shape index (κ1) is 16.8. The zero-order valence-corrected chi connectivity index (χ0v) is 14.3. The second kappa shape index (κ2) is 6.69. The molecule has 0 spiro atoms. The average Bonchev–Trinajstić information content (AvgIpc) is 3.24. The van der Waals surface area contributed by atoms with E-state index in [1.54, 1.807) is 11.9 Å². The van der Waals surface area contributed by atoms with E-state index < -0.39 is 6.10 Å². The quantitative estimate of drug-likeness (QED) is 0.834. The van der Waals surface area contributed by atoms with Gasteiger partial charge in [-0.15, -0.1) is 0 Å². The van der Waals surface area contributed by atoms with Crippen LogP contribution in [0.3, 0.4) is 0 Å². The van der Waals surface area contributed by atoms with Gasteiger partial charge in [-0.25, -0.2) is 4.79 Å². The molecule has 124 valence electrons. The second-order valence-corrected chi connectivity index (χ2v) is 6.61. The summed E-state index contributed by atoms with van der Waals surface area (Å²) >= 11 is 0. The maximum absolute atomic E-state index is 12.2. The highest BCUT2D eigenvalue weighted by Gasteiger charge is 2.31. The lowest BCUT2D eigenvalue weighted by atomic mass is 10.1. The standard InChI is InChI=1S/C16H28N4O2/c1-10(8-14-11(2)18-20(5)12(14)3)17-16(22)19(4)9-15(21)13-6-7-13/h10,13,15,21H,6-9H2,1-5H3,(H,17,22). The molecule has 1 aromatic heterocycles.